The summed E-state index contributed by atoms with van der Waals surface area (Å²) >= 11 is 0. The highest BCUT2D eigenvalue weighted by Crippen LogP contribution is 2.26. The van der Waals surface area contributed by atoms with Crippen LogP contribution in [0, 0.1) is 0 Å². The van der Waals surface area contributed by atoms with Crippen molar-refractivity contribution in [2.75, 3.05) is 6.54 Å². The number of hydrogen-bond acceptors (Lipinski definition) is 3. The van der Waals surface area contributed by atoms with Crippen LogP contribution in [0.25, 0.3) is 0 Å². The summed E-state index contributed by atoms with van der Waals surface area (Å²) < 4.78 is 2.10. The molecule has 1 atom stereocenters. The minimum Gasteiger partial charge on any atom is -0.353 e. The van der Waals surface area contributed by atoms with Gasteiger partial charge < -0.3 is 14.8 Å². The highest BCUT2D eigenvalue weighted by Gasteiger charge is 2.29. The van der Waals surface area contributed by atoms with Gasteiger partial charge in [0.2, 0.25) is 11.8 Å². The van der Waals surface area contributed by atoms with E-state index in [1.54, 1.807) is 0 Å². The number of carbonyl (C=O) groups excluding carboxylic acids is 2. The lowest BCUT2D eigenvalue weighted by atomic mass is 9.93. The van der Waals surface area contributed by atoms with Crippen LogP contribution < -0.4 is 5.32 Å². The van der Waals surface area contributed by atoms with E-state index < -0.39 is 0 Å². The van der Waals surface area contributed by atoms with Gasteiger partial charge in [0.25, 0.3) is 0 Å². The zero-order valence-electron chi connectivity index (χ0n) is 14.8. The number of hydrogen-bond donors (Lipinski definition) is 1. The van der Waals surface area contributed by atoms with Gasteiger partial charge in [-0.2, -0.15) is 0 Å². The van der Waals surface area contributed by atoms with Crippen molar-refractivity contribution in [2.24, 2.45) is 0 Å². The first kappa shape index (κ1) is 17.0. The first-order chi connectivity index (χ1) is 11.6. The van der Waals surface area contributed by atoms with Crippen molar-refractivity contribution in [3.05, 3.63) is 17.7 Å². The van der Waals surface area contributed by atoms with E-state index in [1.807, 2.05) is 18.0 Å². The van der Waals surface area contributed by atoms with E-state index in [0.717, 1.165) is 50.3 Å². The number of aromatic nitrogens is 2. The lowest BCUT2D eigenvalue weighted by molar-refractivity contribution is -0.134. The van der Waals surface area contributed by atoms with E-state index in [0.29, 0.717) is 18.9 Å². The van der Waals surface area contributed by atoms with Crippen LogP contribution in [0.2, 0.25) is 0 Å². The summed E-state index contributed by atoms with van der Waals surface area (Å²) in [6.45, 7) is 5.61. The van der Waals surface area contributed by atoms with Crippen LogP contribution in [0.5, 0.6) is 0 Å². The predicted octanol–water partition coefficient (Wildman–Crippen LogP) is 2.19. The number of imidazole rings is 1. The van der Waals surface area contributed by atoms with Crippen molar-refractivity contribution in [3.8, 4) is 0 Å². The number of amides is 2. The van der Waals surface area contributed by atoms with Gasteiger partial charge in [0.15, 0.2) is 0 Å². The Morgan fingerprint density at radius 3 is 2.79 bits per heavy atom. The number of nitrogens with one attached hydrogen (secondary N) is 1. The molecule has 1 aliphatic carbocycles. The summed E-state index contributed by atoms with van der Waals surface area (Å²) in [5.74, 6) is 1.17. The van der Waals surface area contributed by atoms with Crippen molar-refractivity contribution in [3.63, 3.8) is 0 Å². The zero-order valence-corrected chi connectivity index (χ0v) is 14.8. The van der Waals surface area contributed by atoms with Gasteiger partial charge in [-0.05, 0) is 32.6 Å². The molecular weight excluding hydrogens is 304 g/mol. The molecule has 6 nitrogen and oxygen atoms in total. The third-order valence-corrected chi connectivity index (χ3v) is 5.16. The highest BCUT2D eigenvalue weighted by molar-refractivity contribution is 5.78. The van der Waals surface area contributed by atoms with Gasteiger partial charge in [-0.1, -0.05) is 13.3 Å². The summed E-state index contributed by atoms with van der Waals surface area (Å²) in [6, 6.07) is 0.340. The molecule has 1 fully saturated rings. The van der Waals surface area contributed by atoms with Gasteiger partial charge in [0.1, 0.15) is 5.82 Å². The lowest BCUT2D eigenvalue weighted by Crippen LogP contribution is -2.41. The number of carbonyl (C=O) groups is 2. The number of unbranched alkanes of at least 4 members (excludes halogenated alkanes) is 1. The Balaban J connectivity index is 1.62. The lowest BCUT2D eigenvalue weighted by Gasteiger charge is -2.33. The topological polar surface area (TPSA) is 67.2 Å². The summed E-state index contributed by atoms with van der Waals surface area (Å²) in [5, 5.41) is 3.05. The van der Waals surface area contributed by atoms with E-state index >= 15 is 0 Å². The highest BCUT2D eigenvalue weighted by atomic mass is 16.2. The molecule has 0 radical (unpaired) electrons. The fourth-order valence-electron chi connectivity index (χ4n) is 3.44. The van der Waals surface area contributed by atoms with Crippen LogP contribution >= 0.6 is 0 Å². The Morgan fingerprint density at radius 2 is 2.12 bits per heavy atom. The Kier molecular flexibility index (Phi) is 5.21. The van der Waals surface area contributed by atoms with Crippen molar-refractivity contribution >= 4 is 11.8 Å². The molecule has 2 aliphatic rings. The minimum atomic E-state index is -0.0217. The van der Waals surface area contributed by atoms with Crippen LogP contribution in [-0.2, 0) is 22.6 Å². The fourth-order valence-corrected chi connectivity index (χ4v) is 3.44. The van der Waals surface area contributed by atoms with Gasteiger partial charge >= 0.3 is 0 Å². The van der Waals surface area contributed by atoms with Gasteiger partial charge in [0.05, 0.1) is 18.2 Å². The molecule has 1 unspecified atom stereocenters. The zero-order chi connectivity index (χ0) is 17.1. The van der Waals surface area contributed by atoms with Gasteiger partial charge in [-0.3, -0.25) is 9.59 Å². The Labute approximate surface area is 143 Å². The molecule has 0 aromatic carbocycles. The molecule has 2 amide bonds. The summed E-state index contributed by atoms with van der Waals surface area (Å²) in [5.41, 5.74) is 0.802. The molecule has 1 aromatic heterocycles. The predicted molar refractivity (Wildman–Crippen MR) is 91.4 cm³/mol. The molecular formula is C18H28N4O2. The van der Waals surface area contributed by atoms with Crippen molar-refractivity contribution in [1.82, 2.24) is 19.8 Å². The maximum absolute atomic E-state index is 12.3. The minimum absolute atomic E-state index is 0.0217. The summed E-state index contributed by atoms with van der Waals surface area (Å²) in [7, 11) is 0. The second kappa shape index (κ2) is 7.36. The first-order valence-electron chi connectivity index (χ1n) is 9.23. The molecule has 132 valence electrons. The standard InChI is InChI=1S/C18H28N4O2/c1-3-4-8-17(24)22-10-9-21-12-15(20-18(21)13(22)2)11-16(23)19-14-6-5-7-14/h12-14H,3-11H2,1-2H3,(H,19,23). The van der Waals surface area contributed by atoms with Crippen molar-refractivity contribution < 1.29 is 9.59 Å². The van der Waals surface area contributed by atoms with Gasteiger partial charge in [0, 0.05) is 31.7 Å². The van der Waals surface area contributed by atoms with Crippen LogP contribution in [0.15, 0.2) is 6.20 Å². The Bertz CT molecular complexity index is 606. The SMILES string of the molecule is CCCCC(=O)N1CCn2cc(CC(=O)NC3CCC3)nc2C1C. The van der Waals surface area contributed by atoms with Crippen molar-refractivity contribution in [1.29, 1.82) is 0 Å². The number of rotatable bonds is 6. The normalized spacial score (nSPS) is 20.4. The van der Waals surface area contributed by atoms with Crippen molar-refractivity contribution in [2.45, 2.75) is 77.4 Å². The summed E-state index contributed by atoms with van der Waals surface area (Å²) in [6.07, 6.45) is 8.27. The van der Waals surface area contributed by atoms with Crippen LogP contribution in [0.4, 0.5) is 0 Å². The summed E-state index contributed by atoms with van der Waals surface area (Å²) in [4.78, 5) is 31.0. The average molecular weight is 332 g/mol. The molecule has 0 saturated heterocycles. The maximum Gasteiger partial charge on any atom is 0.226 e. The molecule has 1 saturated carbocycles. The molecule has 1 N–H and O–H groups in total. The van der Waals surface area contributed by atoms with Gasteiger partial charge in [-0.15, -0.1) is 0 Å². The fraction of sp³-hybridized carbons (Fsp3) is 0.722. The Hall–Kier alpha value is -1.85. The number of fused-ring (bicyclic) bond motifs is 1. The molecule has 0 bridgehead atoms. The molecule has 3 rings (SSSR count). The van der Waals surface area contributed by atoms with E-state index in [-0.39, 0.29) is 17.9 Å². The van der Waals surface area contributed by atoms with Crippen LogP contribution in [0.3, 0.4) is 0 Å². The van der Waals surface area contributed by atoms with E-state index in [9.17, 15) is 9.59 Å². The second-order valence-electron chi connectivity index (χ2n) is 7.02. The second-order valence-corrected chi connectivity index (χ2v) is 7.02. The average Bonchev–Trinajstić information content (AvgIpc) is 2.92. The van der Waals surface area contributed by atoms with Crippen LogP contribution in [-0.4, -0.2) is 38.9 Å². The van der Waals surface area contributed by atoms with Gasteiger partial charge in [-0.25, -0.2) is 4.98 Å². The van der Waals surface area contributed by atoms with Crippen LogP contribution in [0.1, 0.15) is 69.9 Å². The smallest absolute Gasteiger partial charge is 0.226 e. The largest absolute Gasteiger partial charge is 0.353 e. The first-order valence-corrected chi connectivity index (χ1v) is 9.23. The molecule has 0 spiro atoms. The molecule has 2 heterocycles. The third kappa shape index (κ3) is 3.62. The monoisotopic (exact) mass is 332 g/mol. The van der Waals surface area contributed by atoms with E-state index in [2.05, 4.69) is 21.8 Å². The van der Waals surface area contributed by atoms with E-state index in [1.165, 1.54) is 6.42 Å². The third-order valence-electron chi connectivity index (χ3n) is 5.16. The number of nitrogens with zero attached hydrogens (tertiary/aromatic N) is 3. The maximum atomic E-state index is 12.3. The molecule has 1 aliphatic heterocycles. The Morgan fingerprint density at radius 1 is 1.33 bits per heavy atom. The molecule has 1 aromatic rings. The molecule has 24 heavy (non-hydrogen) atoms. The quantitative estimate of drug-likeness (QED) is 0.868. The van der Waals surface area contributed by atoms with E-state index in [4.69, 9.17) is 0 Å². The molecule has 6 heteroatoms.